The summed E-state index contributed by atoms with van der Waals surface area (Å²) in [6.45, 7) is 1.91. The minimum Gasteiger partial charge on any atom is -0.481 e. The van der Waals surface area contributed by atoms with Crippen LogP contribution in [0.15, 0.2) is 11.6 Å². The van der Waals surface area contributed by atoms with E-state index in [9.17, 15) is 14.9 Å². The number of imidazole rings is 1. The van der Waals surface area contributed by atoms with Crippen molar-refractivity contribution in [2.24, 2.45) is 5.92 Å². The Morgan fingerprint density at radius 3 is 3.11 bits per heavy atom. The summed E-state index contributed by atoms with van der Waals surface area (Å²) >= 11 is 1.30. The molecule has 0 bridgehead atoms. The molecule has 0 aliphatic rings. The first-order valence-corrected chi connectivity index (χ1v) is 6.45. The predicted molar refractivity (Wildman–Crippen MR) is 69.6 cm³/mol. The zero-order chi connectivity index (χ0) is 14.0. The third-order valence-corrected chi connectivity index (χ3v) is 3.46. The maximum atomic E-state index is 11.0. The van der Waals surface area contributed by atoms with Crippen LogP contribution >= 0.6 is 11.3 Å². The largest absolute Gasteiger partial charge is 0.481 e. The van der Waals surface area contributed by atoms with E-state index >= 15 is 0 Å². The average Bonchev–Trinajstić information content (AvgIpc) is 2.87. The second-order valence-corrected chi connectivity index (χ2v) is 4.92. The van der Waals surface area contributed by atoms with E-state index in [4.69, 9.17) is 5.11 Å². The topological polar surface area (TPSA) is 110 Å². The van der Waals surface area contributed by atoms with E-state index in [2.05, 4.69) is 10.3 Å². The number of nitrogens with zero attached hydrogens (tertiary/aromatic N) is 3. The number of rotatable bonds is 6. The number of carboxylic acids is 1. The maximum absolute atomic E-state index is 11.0. The third-order valence-electron chi connectivity index (χ3n) is 2.70. The number of carbonyl (C=O) groups is 1. The maximum Gasteiger partial charge on any atom is 0.372 e. The summed E-state index contributed by atoms with van der Waals surface area (Å²) in [4.78, 5) is 25.8. The van der Waals surface area contributed by atoms with Crippen LogP contribution in [0, 0.1) is 16.0 Å². The summed E-state index contributed by atoms with van der Waals surface area (Å²) in [5.74, 6) is -1.34. The first kappa shape index (κ1) is 13.3. The van der Waals surface area contributed by atoms with Crippen molar-refractivity contribution < 1.29 is 14.8 Å². The van der Waals surface area contributed by atoms with Crippen LogP contribution in [0.1, 0.15) is 13.3 Å². The minimum atomic E-state index is -0.887. The van der Waals surface area contributed by atoms with Crippen molar-refractivity contribution in [1.29, 1.82) is 0 Å². The molecule has 0 saturated heterocycles. The first-order valence-electron chi connectivity index (χ1n) is 5.57. The molecule has 19 heavy (non-hydrogen) atoms. The molecule has 0 aliphatic heterocycles. The van der Waals surface area contributed by atoms with Gasteiger partial charge < -0.3 is 20.5 Å². The van der Waals surface area contributed by atoms with Crippen LogP contribution in [-0.2, 0) is 4.79 Å². The van der Waals surface area contributed by atoms with Gasteiger partial charge in [0, 0.05) is 11.9 Å². The fourth-order valence-electron chi connectivity index (χ4n) is 1.60. The Kier molecular flexibility index (Phi) is 3.65. The lowest BCUT2D eigenvalue weighted by molar-refractivity contribution is -0.389. The van der Waals surface area contributed by atoms with Crippen LogP contribution in [0.3, 0.4) is 0 Å². The summed E-state index contributed by atoms with van der Waals surface area (Å²) in [5.41, 5.74) is 0. The number of anilines is 1. The molecular weight excluding hydrogens is 272 g/mol. The van der Waals surface area contributed by atoms with E-state index in [1.54, 1.807) is 18.5 Å². The highest BCUT2D eigenvalue weighted by molar-refractivity contribution is 7.15. The van der Waals surface area contributed by atoms with Gasteiger partial charge in [-0.1, -0.05) is 18.3 Å². The quantitative estimate of drug-likeness (QED) is 0.618. The van der Waals surface area contributed by atoms with Crippen molar-refractivity contribution in [3.63, 3.8) is 0 Å². The third kappa shape index (κ3) is 2.65. The highest BCUT2D eigenvalue weighted by Crippen LogP contribution is 2.27. The molecule has 1 unspecified atom stereocenters. The van der Waals surface area contributed by atoms with Gasteiger partial charge in [0.15, 0.2) is 0 Å². The molecule has 0 fully saturated rings. The number of hydrogen-bond donors (Lipinski definition) is 2. The highest BCUT2D eigenvalue weighted by Gasteiger charge is 2.23. The molecule has 2 N–H and O–H groups in total. The molecular formula is C10H12N4O4S. The van der Waals surface area contributed by atoms with Gasteiger partial charge in [-0.05, 0) is 11.3 Å². The number of nitro groups is 1. The summed E-state index contributed by atoms with van der Waals surface area (Å²) in [6, 6.07) is 0. The van der Waals surface area contributed by atoms with Crippen LogP contribution in [0.2, 0.25) is 0 Å². The Morgan fingerprint density at radius 2 is 2.47 bits per heavy atom. The lowest BCUT2D eigenvalue weighted by atomic mass is 10.1. The van der Waals surface area contributed by atoms with Gasteiger partial charge in [-0.25, -0.2) is 0 Å². The van der Waals surface area contributed by atoms with E-state index < -0.39 is 16.8 Å². The molecule has 2 heterocycles. The van der Waals surface area contributed by atoms with Gasteiger partial charge in [0.05, 0.1) is 5.92 Å². The second-order valence-electron chi connectivity index (χ2n) is 4.05. The van der Waals surface area contributed by atoms with E-state index in [0.717, 1.165) is 0 Å². The molecule has 8 nitrogen and oxygen atoms in total. The molecule has 2 aromatic heterocycles. The molecule has 2 aromatic rings. The molecule has 1 atom stereocenters. The van der Waals surface area contributed by atoms with Gasteiger partial charge in [0.1, 0.15) is 6.20 Å². The molecule has 0 amide bonds. The Balaban J connectivity index is 2.12. The summed E-state index contributed by atoms with van der Waals surface area (Å²) in [7, 11) is 0. The van der Waals surface area contributed by atoms with Crippen LogP contribution < -0.4 is 5.32 Å². The summed E-state index contributed by atoms with van der Waals surface area (Å²) in [6.07, 6.45) is 1.95. The Morgan fingerprint density at radius 1 is 1.74 bits per heavy atom. The van der Waals surface area contributed by atoms with Crippen molar-refractivity contribution in [3.05, 3.63) is 21.7 Å². The number of fused-ring (bicyclic) bond motifs is 1. The van der Waals surface area contributed by atoms with Gasteiger partial charge >= 0.3 is 11.8 Å². The number of nitrogens with one attached hydrogen (secondary N) is 1. The highest BCUT2D eigenvalue weighted by atomic mass is 32.1. The van der Waals surface area contributed by atoms with Crippen LogP contribution in [0.5, 0.6) is 0 Å². The van der Waals surface area contributed by atoms with E-state index in [1.807, 2.05) is 0 Å². The van der Waals surface area contributed by atoms with Gasteiger partial charge in [-0.15, -0.1) is 0 Å². The van der Waals surface area contributed by atoms with Crippen molar-refractivity contribution in [3.8, 4) is 0 Å². The van der Waals surface area contributed by atoms with Gasteiger partial charge in [-0.3, -0.25) is 4.79 Å². The van der Waals surface area contributed by atoms with Gasteiger partial charge in [0.2, 0.25) is 5.82 Å². The fraction of sp³-hybridized carbons (Fsp3) is 0.400. The number of carboxylic acid groups (broad SMARTS) is 1. The van der Waals surface area contributed by atoms with Crippen molar-refractivity contribution >= 4 is 33.9 Å². The fourth-order valence-corrected chi connectivity index (χ4v) is 2.31. The second kappa shape index (κ2) is 5.22. The zero-order valence-electron chi connectivity index (χ0n) is 10.1. The molecule has 9 heteroatoms. The van der Waals surface area contributed by atoms with Gasteiger partial charge in [-0.2, -0.15) is 9.38 Å². The lowest BCUT2D eigenvalue weighted by Gasteiger charge is -2.06. The number of aromatic nitrogens is 2. The normalized spacial score (nSPS) is 12.5. The van der Waals surface area contributed by atoms with E-state index in [-0.39, 0.29) is 11.6 Å². The monoisotopic (exact) mass is 284 g/mol. The Bertz CT molecular complexity index is 620. The predicted octanol–water partition coefficient (Wildman–Crippen LogP) is 1.83. The Labute approximate surface area is 111 Å². The summed E-state index contributed by atoms with van der Waals surface area (Å²) in [5, 5.41) is 24.3. The molecule has 0 saturated carbocycles. The lowest BCUT2D eigenvalue weighted by Crippen LogP contribution is -2.15. The molecule has 0 aromatic carbocycles. The van der Waals surface area contributed by atoms with Crippen LogP contribution in [0.25, 0.3) is 4.96 Å². The molecule has 0 spiro atoms. The van der Waals surface area contributed by atoms with Crippen molar-refractivity contribution in [1.82, 2.24) is 9.38 Å². The molecule has 0 radical (unpaired) electrons. The first-order chi connectivity index (χ1) is 9.00. The van der Waals surface area contributed by atoms with Crippen molar-refractivity contribution in [2.75, 3.05) is 11.9 Å². The van der Waals surface area contributed by atoms with E-state index in [0.29, 0.717) is 17.9 Å². The van der Waals surface area contributed by atoms with Crippen LogP contribution in [-0.4, -0.2) is 31.9 Å². The zero-order valence-corrected chi connectivity index (χ0v) is 10.9. The average molecular weight is 284 g/mol. The number of hydrogen-bond acceptors (Lipinski definition) is 6. The van der Waals surface area contributed by atoms with Crippen molar-refractivity contribution in [2.45, 2.75) is 13.3 Å². The number of thiazole rings is 1. The SMILES string of the molecule is CC(CCNc1nc2sccn2c1[N+](=O)[O-])C(=O)O. The van der Waals surface area contributed by atoms with Gasteiger partial charge in [0.25, 0.3) is 4.96 Å². The smallest absolute Gasteiger partial charge is 0.372 e. The minimum absolute atomic E-state index is 0.126. The Hall–Kier alpha value is -2.16. The summed E-state index contributed by atoms with van der Waals surface area (Å²) < 4.78 is 1.40. The number of aliphatic carboxylic acids is 1. The van der Waals surface area contributed by atoms with Crippen LogP contribution in [0.4, 0.5) is 11.6 Å². The molecule has 0 aliphatic carbocycles. The van der Waals surface area contributed by atoms with E-state index in [1.165, 1.54) is 15.7 Å². The standard InChI is InChI=1S/C10H12N4O4S/c1-6(9(15)16)2-3-11-7-8(14(17)18)13-4-5-19-10(13)12-7/h4-6,11H,2-3H2,1H3,(H,15,16). The molecule has 102 valence electrons. The molecule has 2 rings (SSSR count).